The monoisotopic (exact) mass is 321 g/mol. The molecule has 0 spiro atoms. The predicted molar refractivity (Wildman–Crippen MR) is 80.3 cm³/mol. The average Bonchev–Trinajstić information content (AvgIpc) is 2.28. The van der Waals surface area contributed by atoms with Gasteiger partial charge in [0.05, 0.1) is 10.7 Å². The predicted octanol–water partition coefficient (Wildman–Crippen LogP) is 4.42. The lowest BCUT2D eigenvalue weighted by Crippen LogP contribution is -2.30. The quantitative estimate of drug-likeness (QED) is 0.738. The molecule has 0 aliphatic rings. The topological polar surface area (TPSA) is 3.24 Å². The Balaban J connectivity index is 2.87. The molecule has 1 unspecified atom stereocenters. The van der Waals surface area contributed by atoms with E-state index in [1.54, 1.807) is 0 Å². The molecular formula is C12H17BrClNS. The first-order chi connectivity index (χ1) is 7.60. The Morgan fingerprint density at radius 2 is 2.19 bits per heavy atom. The van der Waals surface area contributed by atoms with Crippen molar-refractivity contribution in [1.29, 1.82) is 0 Å². The molecule has 16 heavy (non-hydrogen) atoms. The Hall–Kier alpha value is 0.140. The molecule has 0 heterocycles. The molecule has 1 rings (SSSR count). The fourth-order valence-corrected chi connectivity index (χ4v) is 2.90. The molecule has 0 aromatic heterocycles. The molecule has 1 nitrogen and oxygen atoms in total. The molecule has 1 aromatic rings. The number of hydrogen-bond acceptors (Lipinski definition) is 2. The van der Waals surface area contributed by atoms with Crippen LogP contribution in [0.2, 0.25) is 5.02 Å². The van der Waals surface area contributed by atoms with Crippen molar-refractivity contribution in [1.82, 2.24) is 0 Å². The fourth-order valence-electron chi connectivity index (χ4n) is 1.51. The van der Waals surface area contributed by atoms with Gasteiger partial charge in [0.1, 0.15) is 0 Å². The second-order valence-electron chi connectivity index (χ2n) is 3.83. The first-order valence-corrected chi connectivity index (χ1v) is 8.05. The largest absolute Gasteiger partial charge is 0.370 e. The van der Waals surface area contributed by atoms with E-state index in [0.717, 1.165) is 21.8 Å². The van der Waals surface area contributed by atoms with E-state index in [1.807, 2.05) is 17.8 Å². The summed E-state index contributed by atoms with van der Waals surface area (Å²) in [6, 6.07) is 6.71. The summed E-state index contributed by atoms with van der Waals surface area (Å²) in [4.78, 5) is 2.23. The van der Waals surface area contributed by atoms with E-state index in [2.05, 4.69) is 53.2 Å². The van der Waals surface area contributed by atoms with Gasteiger partial charge in [0, 0.05) is 24.2 Å². The van der Waals surface area contributed by atoms with E-state index in [1.165, 1.54) is 5.56 Å². The van der Waals surface area contributed by atoms with Gasteiger partial charge in [-0.2, -0.15) is 11.8 Å². The lowest BCUT2D eigenvalue weighted by molar-refractivity contribution is 0.765. The molecule has 0 fully saturated rings. The minimum Gasteiger partial charge on any atom is -0.370 e. The Bertz CT molecular complexity index is 346. The highest BCUT2D eigenvalue weighted by atomic mass is 79.9. The van der Waals surface area contributed by atoms with E-state index in [-0.39, 0.29) is 0 Å². The standard InChI is InChI=1S/C12H17BrClNS/c1-9(8-16-3)15(2)12-5-4-10(7-13)6-11(12)14/h4-6,9H,7-8H2,1-3H3. The number of thioether (sulfide) groups is 1. The molecule has 90 valence electrons. The van der Waals surface area contributed by atoms with E-state index < -0.39 is 0 Å². The molecule has 0 bridgehead atoms. The van der Waals surface area contributed by atoms with Crippen LogP contribution >= 0.6 is 39.3 Å². The van der Waals surface area contributed by atoms with Gasteiger partial charge in [0.15, 0.2) is 0 Å². The number of rotatable bonds is 5. The van der Waals surface area contributed by atoms with Crippen LogP contribution in [0.25, 0.3) is 0 Å². The first-order valence-electron chi connectivity index (χ1n) is 5.16. The van der Waals surface area contributed by atoms with E-state index in [9.17, 15) is 0 Å². The van der Waals surface area contributed by atoms with Gasteiger partial charge >= 0.3 is 0 Å². The molecule has 0 aliphatic carbocycles. The van der Waals surface area contributed by atoms with Crippen molar-refractivity contribution >= 4 is 45.0 Å². The van der Waals surface area contributed by atoms with Crippen molar-refractivity contribution in [3.63, 3.8) is 0 Å². The van der Waals surface area contributed by atoms with Crippen molar-refractivity contribution < 1.29 is 0 Å². The lowest BCUT2D eigenvalue weighted by Gasteiger charge is -2.27. The third-order valence-corrected chi connectivity index (χ3v) is 4.38. The average molecular weight is 323 g/mol. The number of benzene rings is 1. The number of alkyl halides is 1. The van der Waals surface area contributed by atoms with Gasteiger partial charge in [-0.15, -0.1) is 0 Å². The summed E-state index contributed by atoms with van der Waals surface area (Å²) in [6.07, 6.45) is 2.12. The van der Waals surface area contributed by atoms with Gasteiger partial charge in [0.2, 0.25) is 0 Å². The summed E-state index contributed by atoms with van der Waals surface area (Å²) < 4.78 is 0. The second kappa shape index (κ2) is 6.77. The first kappa shape index (κ1) is 14.2. The summed E-state index contributed by atoms with van der Waals surface area (Å²) in [6.45, 7) is 2.21. The SMILES string of the molecule is CSCC(C)N(C)c1ccc(CBr)cc1Cl. The zero-order chi connectivity index (χ0) is 12.1. The van der Waals surface area contributed by atoms with Crippen LogP contribution in [0.1, 0.15) is 12.5 Å². The highest BCUT2D eigenvalue weighted by Crippen LogP contribution is 2.28. The molecule has 0 saturated carbocycles. The van der Waals surface area contributed by atoms with Crippen molar-refractivity contribution in [2.45, 2.75) is 18.3 Å². The molecule has 0 radical (unpaired) electrons. The number of anilines is 1. The van der Waals surface area contributed by atoms with Crippen LogP contribution in [0.15, 0.2) is 18.2 Å². The molecule has 4 heteroatoms. The zero-order valence-corrected chi connectivity index (χ0v) is 13.0. The maximum Gasteiger partial charge on any atom is 0.0642 e. The summed E-state index contributed by atoms with van der Waals surface area (Å²) in [5.74, 6) is 1.10. The zero-order valence-electron chi connectivity index (χ0n) is 9.84. The van der Waals surface area contributed by atoms with Crippen molar-refractivity contribution in [2.24, 2.45) is 0 Å². The van der Waals surface area contributed by atoms with E-state index in [4.69, 9.17) is 11.6 Å². The third kappa shape index (κ3) is 3.57. The summed E-state index contributed by atoms with van der Waals surface area (Å²) in [5.41, 5.74) is 2.31. The Labute approximate surface area is 116 Å². The van der Waals surface area contributed by atoms with Crippen molar-refractivity contribution in [3.05, 3.63) is 28.8 Å². The Morgan fingerprint density at radius 3 is 2.69 bits per heavy atom. The van der Waals surface area contributed by atoms with Crippen LogP contribution in [-0.4, -0.2) is 25.1 Å². The van der Waals surface area contributed by atoms with Gasteiger partial charge in [-0.3, -0.25) is 0 Å². The normalized spacial score (nSPS) is 12.6. The molecular weight excluding hydrogens is 306 g/mol. The van der Waals surface area contributed by atoms with Crippen LogP contribution in [0, 0.1) is 0 Å². The highest BCUT2D eigenvalue weighted by molar-refractivity contribution is 9.08. The van der Waals surface area contributed by atoms with Crippen LogP contribution in [0.4, 0.5) is 5.69 Å². The van der Waals surface area contributed by atoms with Crippen molar-refractivity contribution in [3.8, 4) is 0 Å². The van der Waals surface area contributed by atoms with Gasteiger partial charge in [-0.05, 0) is 30.9 Å². The summed E-state index contributed by atoms with van der Waals surface area (Å²) >= 11 is 11.6. The fraction of sp³-hybridized carbons (Fsp3) is 0.500. The molecule has 1 atom stereocenters. The minimum absolute atomic E-state index is 0.488. The number of hydrogen-bond donors (Lipinski definition) is 0. The summed E-state index contributed by atoms with van der Waals surface area (Å²) in [7, 11) is 2.09. The van der Waals surface area contributed by atoms with Crippen LogP contribution < -0.4 is 4.90 Å². The maximum absolute atomic E-state index is 6.28. The maximum atomic E-state index is 6.28. The smallest absolute Gasteiger partial charge is 0.0642 e. The van der Waals surface area contributed by atoms with Crippen LogP contribution in [-0.2, 0) is 5.33 Å². The van der Waals surface area contributed by atoms with Gasteiger partial charge in [-0.25, -0.2) is 0 Å². The second-order valence-corrected chi connectivity index (χ2v) is 5.71. The summed E-state index contributed by atoms with van der Waals surface area (Å²) in [5, 5.41) is 1.67. The molecule has 1 aromatic carbocycles. The third-order valence-electron chi connectivity index (χ3n) is 2.62. The highest BCUT2D eigenvalue weighted by Gasteiger charge is 2.12. The van der Waals surface area contributed by atoms with Crippen molar-refractivity contribution in [2.75, 3.05) is 24.0 Å². The molecule has 0 aliphatic heterocycles. The molecule has 0 amide bonds. The Kier molecular flexibility index (Phi) is 6.01. The van der Waals surface area contributed by atoms with Gasteiger partial charge in [0.25, 0.3) is 0 Å². The van der Waals surface area contributed by atoms with Crippen LogP contribution in [0.5, 0.6) is 0 Å². The van der Waals surface area contributed by atoms with Gasteiger partial charge in [-0.1, -0.05) is 33.6 Å². The molecule has 0 saturated heterocycles. The Morgan fingerprint density at radius 1 is 1.50 bits per heavy atom. The van der Waals surface area contributed by atoms with Crippen LogP contribution in [0.3, 0.4) is 0 Å². The van der Waals surface area contributed by atoms with Gasteiger partial charge < -0.3 is 4.90 Å². The minimum atomic E-state index is 0.488. The molecule has 0 N–H and O–H groups in total. The lowest BCUT2D eigenvalue weighted by atomic mass is 10.2. The van der Waals surface area contributed by atoms with E-state index >= 15 is 0 Å². The van der Waals surface area contributed by atoms with E-state index in [0.29, 0.717) is 6.04 Å². The number of nitrogens with zero attached hydrogens (tertiary/aromatic N) is 1. The number of halogens is 2.